The fourth-order valence-corrected chi connectivity index (χ4v) is 2.76. The van der Waals surface area contributed by atoms with Crippen molar-refractivity contribution < 1.29 is 0 Å². The molecule has 2 rings (SSSR count). The number of anilines is 1. The van der Waals surface area contributed by atoms with Crippen LogP contribution in [0.3, 0.4) is 0 Å². The largest absolute Gasteiger partial charge is 0.371 e. The van der Waals surface area contributed by atoms with Crippen LogP contribution in [0.25, 0.3) is 0 Å². The van der Waals surface area contributed by atoms with Gasteiger partial charge in [0.2, 0.25) is 0 Å². The smallest absolute Gasteiger partial charge is 0.0442 e. The van der Waals surface area contributed by atoms with Crippen LogP contribution >= 0.6 is 0 Å². The molecule has 0 aliphatic carbocycles. The van der Waals surface area contributed by atoms with E-state index in [0.29, 0.717) is 6.04 Å². The van der Waals surface area contributed by atoms with Gasteiger partial charge in [0.1, 0.15) is 0 Å². The average molecular weight is 261 g/mol. The van der Waals surface area contributed by atoms with Crippen LogP contribution in [0.1, 0.15) is 45.6 Å². The minimum absolute atomic E-state index is 0.513. The summed E-state index contributed by atoms with van der Waals surface area (Å²) in [7, 11) is 0. The highest BCUT2D eigenvalue weighted by Gasteiger charge is 2.19. The topological polar surface area (TPSA) is 28.2 Å². The van der Waals surface area contributed by atoms with Crippen LogP contribution in [0.5, 0.6) is 0 Å². The van der Waals surface area contributed by atoms with Crippen LogP contribution in [0.15, 0.2) is 18.5 Å². The molecule has 1 saturated heterocycles. The third-order valence-corrected chi connectivity index (χ3v) is 4.11. The Labute approximate surface area is 117 Å². The van der Waals surface area contributed by atoms with Crippen molar-refractivity contribution in [2.45, 2.75) is 52.6 Å². The van der Waals surface area contributed by atoms with Crippen LogP contribution in [0.2, 0.25) is 0 Å². The minimum atomic E-state index is 0.513. The zero-order valence-corrected chi connectivity index (χ0v) is 12.5. The van der Waals surface area contributed by atoms with Crippen LogP contribution in [0, 0.1) is 5.92 Å². The van der Waals surface area contributed by atoms with Gasteiger partial charge in [0, 0.05) is 49.3 Å². The van der Waals surface area contributed by atoms with Crippen molar-refractivity contribution >= 4 is 5.69 Å². The molecular formula is C16H27N3. The first-order chi connectivity index (χ1) is 9.20. The molecule has 2 heterocycles. The maximum Gasteiger partial charge on any atom is 0.0442 e. The fourth-order valence-electron chi connectivity index (χ4n) is 2.76. The monoisotopic (exact) mass is 261 g/mol. The maximum absolute atomic E-state index is 4.28. The highest BCUT2D eigenvalue weighted by molar-refractivity contribution is 5.52. The second-order valence-corrected chi connectivity index (χ2v) is 5.88. The Balaban J connectivity index is 2.03. The van der Waals surface area contributed by atoms with Gasteiger partial charge in [-0.1, -0.05) is 27.2 Å². The highest BCUT2D eigenvalue weighted by atomic mass is 15.1. The van der Waals surface area contributed by atoms with Crippen LogP contribution in [-0.2, 0) is 6.54 Å². The summed E-state index contributed by atoms with van der Waals surface area (Å²) in [6, 6.07) is 2.68. The zero-order chi connectivity index (χ0) is 13.7. The molecule has 3 nitrogen and oxygen atoms in total. The summed E-state index contributed by atoms with van der Waals surface area (Å²) in [4.78, 5) is 6.82. The molecule has 0 atom stereocenters. The molecule has 0 amide bonds. The highest BCUT2D eigenvalue weighted by Crippen LogP contribution is 2.27. The van der Waals surface area contributed by atoms with E-state index in [1.807, 2.05) is 12.4 Å². The van der Waals surface area contributed by atoms with Gasteiger partial charge in [-0.15, -0.1) is 0 Å². The lowest BCUT2D eigenvalue weighted by molar-refractivity contribution is 0.394. The van der Waals surface area contributed by atoms with E-state index >= 15 is 0 Å². The second-order valence-electron chi connectivity index (χ2n) is 5.88. The molecular weight excluding hydrogens is 234 g/mol. The first-order valence-electron chi connectivity index (χ1n) is 7.62. The molecule has 1 aliphatic heterocycles. The minimum Gasteiger partial charge on any atom is -0.371 e. The molecule has 1 aromatic heterocycles. The van der Waals surface area contributed by atoms with Crippen molar-refractivity contribution in [2.75, 3.05) is 18.0 Å². The number of nitrogens with zero attached hydrogens (tertiary/aromatic N) is 2. The predicted molar refractivity (Wildman–Crippen MR) is 81.4 cm³/mol. The van der Waals surface area contributed by atoms with Crippen LogP contribution < -0.4 is 10.2 Å². The lowest BCUT2D eigenvalue weighted by Crippen LogP contribution is -2.34. The standard InChI is InChI=1S/C16H27N3/c1-4-14-6-9-19(10-7-14)16-5-8-17-11-15(16)12-18-13(2)3/h5,8,11,13-14,18H,4,6-7,9-10,12H2,1-3H3. The fraction of sp³-hybridized carbons (Fsp3) is 0.688. The molecule has 0 spiro atoms. The quantitative estimate of drug-likeness (QED) is 0.882. The number of piperidine rings is 1. The summed E-state index contributed by atoms with van der Waals surface area (Å²) >= 11 is 0. The number of rotatable bonds is 5. The molecule has 19 heavy (non-hydrogen) atoms. The molecule has 0 unspecified atom stereocenters. The first kappa shape index (κ1) is 14.3. The average Bonchev–Trinajstić information content (AvgIpc) is 2.45. The Morgan fingerprint density at radius 3 is 2.74 bits per heavy atom. The third kappa shape index (κ3) is 3.93. The lowest BCUT2D eigenvalue weighted by Gasteiger charge is -2.34. The lowest BCUT2D eigenvalue weighted by atomic mass is 9.94. The normalized spacial score (nSPS) is 17.2. The first-order valence-corrected chi connectivity index (χ1v) is 7.62. The number of nitrogens with one attached hydrogen (secondary N) is 1. The molecule has 1 fully saturated rings. The van der Waals surface area contributed by atoms with Gasteiger partial charge in [-0.3, -0.25) is 4.98 Å². The Hall–Kier alpha value is -1.09. The van der Waals surface area contributed by atoms with E-state index in [2.05, 4.69) is 42.0 Å². The van der Waals surface area contributed by atoms with E-state index in [0.717, 1.165) is 12.5 Å². The maximum atomic E-state index is 4.28. The molecule has 0 bridgehead atoms. The van der Waals surface area contributed by atoms with E-state index in [9.17, 15) is 0 Å². The van der Waals surface area contributed by atoms with Crippen molar-refractivity contribution in [3.63, 3.8) is 0 Å². The Bertz CT molecular complexity index is 381. The summed E-state index contributed by atoms with van der Waals surface area (Å²) in [6.45, 7) is 9.97. The number of aromatic nitrogens is 1. The molecule has 3 heteroatoms. The van der Waals surface area contributed by atoms with E-state index in [1.54, 1.807) is 0 Å². The molecule has 106 valence electrons. The van der Waals surface area contributed by atoms with Gasteiger partial charge in [-0.2, -0.15) is 0 Å². The Kier molecular flexibility index (Phi) is 5.20. The van der Waals surface area contributed by atoms with E-state index in [4.69, 9.17) is 0 Å². The van der Waals surface area contributed by atoms with Crippen molar-refractivity contribution in [3.05, 3.63) is 24.0 Å². The van der Waals surface area contributed by atoms with Crippen LogP contribution in [-0.4, -0.2) is 24.1 Å². The Morgan fingerprint density at radius 1 is 1.37 bits per heavy atom. The Morgan fingerprint density at radius 2 is 2.11 bits per heavy atom. The van der Waals surface area contributed by atoms with Crippen molar-refractivity contribution in [1.29, 1.82) is 0 Å². The molecule has 1 aliphatic rings. The molecule has 0 saturated carbocycles. The summed E-state index contributed by atoms with van der Waals surface area (Å²) < 4.78 is 0. The molecule has 1 aromatic rings. The van der Waals surface area contributed by atoms with Gasteiger partial charge in [0.05, 0.1) is 0 Å². The second kappa shape index (κ2) is 6.90. The van der Waals surface area contributed by atoms with E-state index in [-0.39, 0.29) is 0 Å². The predicted octanol–water partition coefficient (Wildman–Crippen LogP) is 3.21. The van der Waals surface area contributed by atoms with Gasteiger partial charge in [-0.05, 0) is 24.8 Å². The van der Waals surface area contributed by atoms with Crippen molar-refractivity contribution in [1.82, 2.24) is 10.3 Å². The van der Waals surface area contributed by atoms with Crippen molar-refractivity contribution in [3.8, 4) is 0 Å². The van der Waals surface area contributed by atoms with Gasteiger partial charge < -0.3 is 10.2 Å². The SMILES string of the molecule is CCC1CCN(c2ccncc2CNC(C)C)CC1. The van der Waals surface area contributed by atoms with Crippen molar-refractivity contribution in [2.24, 2.45) is 5.92 Å². The molecule has 1 N–H and O–H groups in total. The summed E-state index contributed by atoms with van der Waals surface area (Å²) in [5.41, 5.74) is 2.70. The van der Waals surface area contributed by atoms with E-state index in [1.165, 1.54) is 43.6 Å². The molecule has 0 aromatic carbocycles. The number of hydrogen-bond donors (Lipinski definition) is 1. The van der Waals surface area contributed by atoms with Gasteiger partial charge in [0.25, 0.3) is 0 Å². The molecule has 0 radical (unpaired) electrons. The van der Waals surface area contributed by atoms with Crippen LogP contribution in [0.4, 0.5) is 5.69 Å². The number of pyridine rings is 1. The number of hydrogen-bond acceptors (Lipinski definition) is 3. The van der Waals surface area contributed by atoms with E-state index < -0.39 is 0 Å². The summed E-state index contributed by atoms with van der Waals surface area (Å²) in [5, 5.41) is 3.49. The van der Waals surface area contributed by atoms with Gasteiger partial charge in [-0.25, -0.2) is 0 Å². The summed E-state index contributed by atoms with van der Waals surface area (Å²) in [6.07, 6.45) is 7.91. The van der Waals surface area contributed by atoms with Gasteiger partial charge >= 0.3 is 0 Å². The zero-order valence-electron chi connectivity index (χ0n) is 12.5. The van der Waals surface area contributed by atoms with Gasteiger partial charge in [0.15, 0.2) is 0 Å². The summed E-state index contributed by atoms with van der Waals surface area (Å²) in [5.74, 6) is 0.926. The third-order valence-electron chi connectivity index (χ3n) is 4.11.